The molecule has 41 heavy (non-hydrogen) atoms. The summed E-state index contributed by atoms with van der Waals surface area (Å²) in [5.74, 6) is 0.952. The van der Waals surface area contributed by atoms with Crippen molar-refractivity contribution in [2.24, 2.45) is 0 Å². The average Bonchev–Trinajstić information content (AvgIpc) is 3.43. The standard InChI is InChI=1S/C36H36N4S/c1-23-25(3)39(34-21-28(18-19-37-34)36(5,6)7)33-22-31(16-17-32(23)33)40(29-13-9-8-10-14-29)30-15-11-12-27(20-30)35-38-24(2)26(4)41-35/h8-22H,1-7H3. The van der Waals surface area contributed by atoms with E-state index in [1.54, 1.807) is 11.3 Å². The van der Waals surface area contributed by atoms with Crippen molar-refractivity contribution in [3.8, 4) is 16.4 Å². The molecule has 6 rings (SSSR count). The quantitative estimate of drug-likeness (QED) is 0.212. The van der Waals surface area contributed by atoms with Gasteiger partial charge in [0.05, 0.1) is 11.2 Å². The predicted octanol–water partition coefficient (Wildman–Crippen LogP) is 10.1. The molecule has 0 amide bonds. The van der Waals surface area contributed by atoms with Gasteiger partial charge in [-0.3, -0.25) is 4.57 Å². The maximum Gasteiger partial charge on any atom is 0.137 e. The van der Waals surface area contributed by atoms with Gasteiger partial charge in [-0.05, 0) is 92.8 Å². The van der Waals surface area contributed by atoms with Crippen LogP contribution in [0, 0.1) is 27.7 Å². The van der Waals surface area contributed by atoms with Crippen molar-refractivity contribution in [2.45, 2.75) is 53.9 Å². The fourth-order valence-electron chi connectivity index (χ4n) is 5.41. The Balaban J connectivity index is 1.54. The lowest BCUT2D eigenvalue weighted by Crippen LogP contribution is -2.13. The maximum atomic E-state index is 4.84. The van der Waals surface area contributed by atoms with Crippen molar-refractivity contribution >= 4 is 39.3 Å². The van der Waals surface area contributed by atoms with Crippen LogP contribution in [-0.4, -0.2) is 14.5 Å². The Morgan fingerprint density at radius 2 is 1.49 bits per heavy atom. The molecule has 0 N–H and O–H groups in total. The predicted molar refractivity (Wildman–Crippen MR) is 175 cm³/mol. The van der Waals surface area contributed by atoms with Crippen molar-refractivity contribution < 1.29 is 0 Å². The van der Waals surface area contributed by atoms with Crippen molar-refractivity contribution in [3.63, 3.8) is 0 Å². The molecule has 4 nitrogen and oxygen atoms in total. The van der Waals surface area contributed by atoms with Gasteiger partial charge in [-0.25, -0.2) is 9.97 Å². The number of nitrogens with zero attached hydrogens (tertiary/aromatic N) is 4. The summed E-state index contributed by atoms with van der Waals surface area (Å²) in [6.07, 6.45) is 1.93. The normalized spacial score (nSPS) is 11.8. The van der Waals surface area contributed by atoms with E-state index in [9.17, 15) is 0 Å². The van der Waals surface area contributed by atoms with Crippen LogP contribution in [0.25, 0.3) is 27.3 Å². The van der Waals surface area contributed by atoms with E-state index < -0.39 is 0 Å². The zero-order chi connectivity index (χ0) is 28.9. The van der Waals surface area contributed by atoms with Gasteiger partial charge in [0.2, 0.25) is 0 Å². The van der Waals surface area contributed by atoms with Crippen LogP contribution in [0.2, 0.25) is 0 Å². The van der Waals surface area contributed by atoms with Crippen LogP contribution in [0.15, 0.2) is 91.1 Å². The minimum Gasteiger partial charge on any atom is -0.310 e. The molecular weight excluding hydrogens is 520 g/mol. The van der Waals surface area contributed by atoms with Gasteiger partial charge in [-0.15, -0.1) is 11.3 Å². The van der Waals surface area contributed by atoms with Gasteiger partial charge in [0.25, 0.3) is 0 Å². The molecule has 0 unspecified atom stereocenters. The highest BCUT2D eigenvalue weighted by Crippen LogP contribution is 2.40. The molecule has 0 radical (unpaired) electrons. The number of anilines is 3. The van der Waals surface area contributed by atoms with Crippen LogP contribution < -0.4 is 4.90 Å². The SMILES string of the molecule is Cc1nc(-c2cccc(N(c3ccccc3)c3ccc4c(C)c(C)n(-c5cc(C(C)(C)C)ccn5)c4c3)c2)sc1C. The van der Waals surface area contributed by atoms with E-state index >= 15 is 0 Å². The van der Waals surface area contributed by atoms with Crippen molar-refractivity contribution in [3.05, 3.63) is 119 Å². The molecule has 0 spiro atoms. The van der Waals surface area contributed by atoms with Crippen LogP contribution in [-0.2, 0) is 5.41 Å². The molecule has 3 aromatic heterocycles. The molecule has 3 heterocycles. The fourth-order valence-corrected chi connectivity index (χ4v) is 6.32. The number of aromatic nitrogens is 3. The van der Waals surface area contributed by atoms with Crippen molar-refractivity contribution in [1.82, 2.24) is 14.5 Å². The van der Waals surface area contributed by atoms with Gasteiger partial charge in [-0.1, -0.05) is 57.2 Å². The second-order valence-electron chi connectivity index (χ2n) is 11.8. The molecule has 0 atom stereocenters. The van der Waals surface area contributed by atoms with E-state index in [0.29, 0.717) is 0 Å². The van der Waals surface area contributed by atoms with Crippen LogP contribution in [0.5, 0.6) is 0 Å². The monoisotopic (exact) mass is 556 g/mol. The molecule has 6 aromatic rings. The first kappa shape index (κ1) is 27.0. The topological polar surface area (TPSA) is 34.0 Å². The fraction of sp³-hybridized carbons (Fsp3) is 0.222. The molecule has 0 aliphatic carbocycles. The highest BCUT2D eigenvalue weighted by Gasteiger charge is 2.20. The van der Waals surface area contributed by atoms with Gasteiger partial charge in [0.1, 0.15) is 10.8 Å². The number of hydrogen-bond donors (Lipinski definition) is 0. The van der Waals surface area contributed by atoms with Crippen LogP contribution in [0.1, 0.15) is 48.2 Å². The van der Waals surface area contributed by atoms with Crippen LogP contribution in [0.3, 0.4) is 0 Å². The van der Waals surface area contributed by atoms with Gasteiger partial charge in [-0.2, -0.15) is 0 Å². The summed E-state index contributed by atoms with van der Waals surface area (Å²) < 4.78 is 2.31. The second-order valence-corrected chi connectivity index (χ2v) is 13.0. The van der Waals surface area contributed by atoms with E-state index in [-0.39, 0.29) is 5.41 Å². The lowest BCUT2D eigenvalue weighted by Gasteiger charge is -2.26. The highest BCUT2D eigenvalue weighted by atomic mass is 32.1. The Labute approximate surface area is 247 Å². The van der Waals surface area contributed by atoms with Crippen molar-refractivity contribution in [2.75, 3.05) is 4.90 Å². The molecule has 0 aliphatic rings. The summed E-state index contributed by atoms with van der Waals surface area (Å²) in [5, 5.41) is 2.29. The third-order valence-electron chi connectivity index (χ3n) is 8.00. The van der Waals surface area contributed by atoms with E-state index in [0.717, 1.165) is 44.7 Å². The number of fused-ring (bicyclic) bond motifs is 1. The molecule has 0 saturated heterocycles. The Bertz CT molecular complexity index is 1850. The lowest BCUT2D eigenvalue weighted by atomic mass is 9.88. The zero-order valence-corrected chi connectivity index (χ0v) is 25.7. The average molecular weight is 557 g/mol. The highest BCUT2D eigenvalue weighted by molar-refractivity contribution is 7.15. The number of pyridine rings is 1. The second kappa shape index (κ2) is 10.3. The Morgan fingerprint density at radius 3 is 2.20 bits per heavy atom. The van der Waals surface area contributed by atoms with E-state index in [4.69, 9.17) is 9.97 Å². The third-order valence-corrected chi connectivity index (χ3v) is 9.12. The van der Waals surface area contributed by atoms with Gasteiger partial charge in [0.15, 0.2) is 0 Å². The van der Waals surface area contributed by atoms with Crippen LogP contribution in [0.4, 0.5) is 17.1 Å². The minimum atomic E-state index is 0.0401. The van der Waals surface area contributed by atoms with Gasteiger partial charge < -0.3 is 4.90 Å². The van der Waals surface area contributed by atoms with E-state index in [1.165, 1.54) is 27.1 Å². The summed E-state index contributed by atoms with van der Waals surface area (Å²) in [4.78, 5) is 13.3. The summed E-state index contributed by atoms with van der Waals surface area (Å²) in [5.41, 5.74) is 10.5. The first-order valence-electron chi connectivity index (χ1n) is 14.1. The molecule has 206 valence electrons. The molecule has 0 aliphatic heterocycles. The summed E-state index contributed by atoms with van der Waals surface area (Å²) in [7, 11) is 0. The van der Waals surface area contributed by atoms with Gasteiger partial charge in [0, 0.05) is 44.8 Å². The van der Waals surface area contributed by atoms with E-state index in [2.05, 4.69) is 143 Å². The molecular formula is C36H36N4S. The number of hydrogen-bond acceptors (Lipinski definition) is 4. The molecule has 5 heteroatoms. The third kappa shape index (κ3) is 4.95. The largest absolute Gasteiger partial charge is 0.310 e. The minimum absolute atomic E-state index is 0.0401. The lowest BCUT2D eigenvalue weighted by molar-refractivity contribution is 0.588. The maximum absolute atomic E-state index is 4.84. The molecule has 0 saturated carbocycles. The number of rotatable bonds is 5. The summed E-state index contributed by atoms with van der Waals surface area (Å²) >= 11 is 1.75. The van der Waals surface area contributed by atoms with Crippen molar-refractivity contribution in [1.29, 1.82) is 0 Å². The Hall–Kier alpha value is -4.22. The number of thiazole rings is 1. The first-order chi connectivity index (χ1) is 19.6. The smallest absolute Gasteiger partial charge is 0.137 e. The number of para-hydroxylation sites is 1. The number of aryl methyl sites for hydroxylation is 3. The Kier molecular flexibility index (Phi) is 6.79. The van der Waals surface area contributed by atoms with Gasteiger partial charge >= 0.3 is 0 Å². The summed E-state index contributed by atoms with van der Waals surface area (Å²) in [6.45, 7) is 15.4. The van der Waals surface area contributed by atoms with Crippen LogP contribution >= 0.6 is 11.3 Å². The zero-order valence-electron chi connectivity index (χ0n) is 24.9. The summed E-state index contributed by atoms with van der Waals surface area (Å²) in [6, 6.07) is 30.4. The number of benzene rings is 3. The Morgan fingerprint density at radius 1 is 0.756 bits per heavy atom. The molecule has 3 aromatic carbocycles. The molecule has 0 bridgehead atoms. The van der Waals surface area contributed by atoms with E-state index in [1.807, 2.05) is 6.20 Å². The first-order valence-corrected chi connectivity index (χ1v) is 14.9. The molecule has 0 fully saturated rings.